The van der Waals surface area contributed by atoms with Crippen LogP contribution < -0.4 is 5.32 Å². The first kappa shape index (κ1) is 23.8. The fourth-order valence-electron chi connectivity index (χ4n) is 2.47. The number of aliphatic hydroxyl groups excluding tert-OH is 1. The van der Waals surface area contributed by atoms with E-state index in [9.17, 15) is 9.90 Å². The molecule has 0 bridgehead atoms. The Labute approximate surface area is 175 Å². The number of aliphatic carboxylic acids is 1. The molecule has 0 fully saturated rings. The van der Waals surface area contributed by atoms with Crippen molar-refractivity contribution in [2.75, 3.05) is 18.8 Å². The minimum atomic E-state index is -0.742. The van der Waals surface area contributed by atoms with Crippen LogP contribution in [0.3, 0.4) is 0 Å². The zero-order valence-electron chi connectivity index (χ0n) is 14.9. The number of carbonyl (C=O) groups is 1. The fraction of sp³-hybridized carbons (Fsp3) is 0.350. The van der Waals surface area contributed by atoms with E-state index in [0.29, 0.717) is 18.0 Å². The fourth-order valence-corrected chi connectivity index (χ4v) is 3.52. The maximum atomic E-state index is 10.5. The standard InChI is InChI=1S/C20H24ClNO3S.ClH/c21-17-4-1-3-16(13-17)19(23)14-22-11-10-15-6-8-18(9-7-15)26-12-2-5-20(24)25;/h1,3-4,6-9,13,19,22-23H,2,5,10-12,14H2,(H,24,25);1H/t19-;/m0./s1. The lowest BCUT2D eigenvalue weighted by molar-refractivity contribution is -0.137. The monoisotopic (exact) mass is 429 g/mol. The normalized spacial score (nSPS) is 11.6. The highest BCUT2D eigenvalue weighted by Gasteiger charge is 2.07. The summed E-state index contributed by atoms with van der Waals surface area (Å²) in [7, 11) is 0. The second kappa shape index (κ2) is 13.0. The Bertz CT molecular complexity index is 698. The molecule has 0 heterocycles. The molecule has 1 atom stereocenters. The van der Waals surface area contributed by atoms with Crippen LogP contribution in [-0.2, 0) is 11.2 Å². The van der Waals surface area contributed by atoms with Gasteiger partial charge in [-0.1, -0.05) is 35.9 Å². The van der Waals surface area contributed by atoms with Crippen LogP contribution in [-0.4, -0.2) is 35.0 Å². The zero-order valence-corrected chi connectivity index (χ0v) is 17.3. The van der Waals surface area contributed by atoms with E-state index in [1.807, 2.05) is 12.1 Å². The number of aliphatic hydroxyl groups is 1. The van der Waals surface area contributed by atoms with Gasteiger partial charge in [0.1, 0.15) is 0 Å². The summed E-state index contributed by atoms with van der Waals surface area (Å²) in [5.74, 6) is 0.0723. The van der Waals surface area contributed by atoms with Crippen molar-refractivity contribution < 1.29 is 15.0 Å². The first-order valence-electron chi connectivity index (χ1n) is 8.62. The number of hydrogen-bond acceptors (Lipinski definition) is 4. The van der Waals surface area contributed by atoms with Crippen LogP contribution >= 0.6 is 35.8 Å². The van der Waals surface area contributed by atoms with E-state index in [1.54, 1.807) is 23.9 Å². The second-order valence-electron chi connectivity index (χ2n) is 6.01. The summed E-state index contributed by atoms with van der Waals surface area (Å²) in [4.78, 5) is 11.6. The van der Waals surface area contributed by atoms with Gasteiger partial charge < -0.3 is 15.5 Å². The number of carboxylic acid groups (broad SMARTS) is 1. The lowest BCUT2D eigenvalue weighted by Crippen LogP contribution is -2.23. The molecule has 2 aromatic rings. The third-order valence-electron chi connectivity index (χ3n) is 3.89. The number of nitrogens with one attached hydrogen (secondary N) is 1. The van der Waals surface area contributed by atoms with Crippen molar-refractivity contribution in [2.45, 2.75) is 30.3 Å². The summed E-state index contributed by atoms with van der Waals surface area (Å²) >= 11 is 7.62. The summed E-state index contributed by atoms with van der Waals surface area (Å²) in [5, 5.41) is 22.7. The lowest BCUT2D eigenvalue weighted by Gasteiger charge is -2.12. The van der Waals surface area contributed by atoms with Crippen LogP contribution in [0.2, 0.25) is 5.02 Å². The highest BCUT2D eigenvalue weighted by molar-refractivity contribution is 7.99. The Morgan fingerprint density at radius 1 is 1.19 bits per heavy atom. The molecule has 0 amide bonds. The smallest absolute Gasteiger partial charge is 0.303 e. The van der Waals surface area contributed by atoms with Gasteiger partial charge in [0, 0.05) is 22.9 Å². The number of rotatable bonds is 11. The number of halogens is 2. The molecule has 0 radical (unpaired) electrons. The molecule has 0 spiro atoms. The van der Waals surface area contributed by atoms with Crippen molar-refractivity contribution in [1.82, 2.24) is 5.32 Å². The van der Waals surface area contributed by atoms with Crippen molar-refractivity contribution in [3.8, 4) is 0 Å². The van der Waals surface area contributed by atoms with Gasteiger partial charge in [0.2, 0.25) is 0 Å². The summed E-state index contributed by atoms with van der Waals surface area (Å²) in [6, 6.07) is 15.6. The number of hydrogen-bond donors (Lipinski definition) is 3. The van der Waals surface area contributed by atoms with Crippen molar-refractivity contribution >= 4 is 41.7 Å². The third-order valence-corrected chi connectivity index (χ3v) is 5.22. The van der Waals surface area contributed by atoms with Crippen LogP contribution in [0.15, 0.2) is 53.4 Å². The SMILES string of the molecule is Cl.O=C(O)CCCSc1ccc(CCNC[C@H](O)c2cccc(Cl)c2)cc1. The highest BCUT2D eigenvalue weighted by Crippen LogP contribution is 2.20. The van der Waals surface area contributed by atoms with E-state index in [0.717, 1.165) is 29.2 Å². The van der Waals surface area contributed by atoms with E-state index in [4.69, 9.17) is 16.7 Å². The maximum absolute atomic E-state index is 10.5. The molecule has 0 aromatic heterocycles. The summed E-state index contributed by atoms with van der Waals surface area (Å²) < 4.78 is 0. The Balaban J connectivity index is 0.00000364. The van der Waals surface area contributed by atoms with Crippen molar-refractivity contribution in [3.05, 3.63) is 64.7 Å². The van der Waals surface area contributed by atoms with Crippen LogP contribution in [0, 0.1) is 0 Å². The van der Waals surface area contributed by atoms with E-state index < -0.39 is 12.1 Å². The lowest BCUT2D eigenvalue weighted by atomic mass is 10.1. The molecule has 0 aliphatic heterocycles. The van der Waals surface area contributed by atoms with Crippen molar-refractivity contribution in [1.29, 1.82) is 0 Å². The van der Waals surface area contributed by atoms with Gasteiger partial charge in [-0.05, 0) is 60.5 Å². The van der Waals surface area contributed by atoms with E-state index in [-0.39, 0.29) is 18.8 Å². The topological polar surface area (TPSA) is 69.6 Å². The van der Waals surface area contributed by atoms with Gasteiger partial charge >= 0.3 is 5.97 Å². The van der Waals surface area contributed by atoms with Crippen LogP contribution in [0.25, 0.3) is 0 Å². The molecule has 0 unspecified atom stereocenters. The first-order chi connectivity index (χ1) is 12.5. The van der Waals surface area contributed by atoms with Crippen LogP contribution in [0.5, 0.6) is 0 Å². The average molecular weight is 430 g/mol. The van der Waals surface area contributed by atoms with Gasteiger partial charge in [-0.25, -0.2) is 0 Å². The molecular weight excluding hydrogens is 405 g/mol. The maximum Gasteiger partial charge on any atom is 0.303 e. The molecule has 0 saturated heterocycles. The molecule has 2 rings (SSSR count). The minimum Gasteiger partial charge on any atom is -0.481 e. The predicted molar refractivity (Wildman–Crippen MR) is 114 cm³/mol. The molecule has 2 aromatic carbocycles. The van der Waals surface area contributed by atoms with Gasteiger partial charge in [0.25, 0.3) is 0 Å². The van der Waals surface area contributed by atoms with Gasteiger partial charge in [-0.15, -0.1) is 24.2 Å². The Morgan fingerprint density at radius 2 is 1.93 bits per heavy atom. The van der Waals surface area contributed by atoms with E-state index in [1.165, 1.54) is 5.56 Å². The summed E-state index contributed by atoms with van der Waals surface area (Å²) in [6.07, 6.45) is 1.21. The van der Waals surface area contributed by atoms with Crippen LogP contribution in [0.4, 0.5) is 0 Å². The minimum absolute atomic E-state index is 0. The molecule has 4 nitrogen and oxygen atoms in total. The summed E-state index contributed by atoms with van der Waals surface area (Å²) in [6.45, 7) is 1.26. The number of carboxylic acids is 1. The molecule has 27 heavy (non-hydrogen) atoms. The average Bonchev–Trinajstić information content (AvgIpc) is 2.63. The Kier molecular flexibility index (Phi) is 11.5. The summed E-state index contributed by atoms with van der Waals surface area (Å²) in [5.41, 5.74) is 2.04. The van der Waals surface area contributed by atoms with E-state index >= 15 is 0 Å². The largest absolute Gasteiger partial charge is 0.481 e. The molecule has 148 valence electrons. The number of benzene rings is 2. The first-order valence-corrected chi connectivity index (χ1v) is 9.99. The number of thioether (sulfide) groups is 1. The molecule has 7 heteroatoms. The van der Waals surface area contributed by atoms with Gasteiger partial charge in [0.05, 0.1) is 6.10 Å². The second-order valence-corrected chi connectivity index (χ2v) is 7.62. The highest BCUT2D eigenvalue weighted by atomic mass is 35.5. The van der Waals surface area contributed by atoms with Gasteiger partial charge in [0.15, 0.2) is 0 Å². The molecule has 0 aliphatic rings. The van der Waals surface area contributed by atoms with Crippen molar-refractivity contribution in [2.24, 2.45) is 0 Å². The van der Waals surface area contributed by atoms with Crippen LogP contribution in [0.1, 0.15) is 30.1 Å². The van der Waals surface area contributed by atoms with Crippen molar-refractivity contribution in [3.63, 3.8) is 0 Å². The molecule has 3 N–H and O–H groups in total. The molecule has 0 saturated carbocycles. The predicted octanol–water partition coefficient (Wildman–Crippen LogP) is 4.58. The molecular formula is C20H25Cl2NO3S. The molecule has 0 aliphatic carbocycles. The Morgan fingerprint density at radius 3 is 2.59 bits per heavy atom. The van der Waals surface area contributed by atoms with Gasteiger partial charge in [-0.3, -0.25) is 4.79 Å². The zero-order chi connectivity index (χ0) is 18.8. The quantitative estimate of drug-likeness (QED) is 0.360. The van der Waals surface area contributed by atoms with E-state index in [2.05, 4.69) is 29.6 Å². The Hall–Kier alpha value is -1.24. The third kappa shape index (κ3) is 9.49. The van der Waals surface area contributed by atoms with Gasteiger partial charge in [-0.2, -0.15) is 0 Å².